The van der Waals surface area contributed by atoms with Gasteiger partial charge >= 0.3 is 0 Å². The molecular weight excluding hydrogens is 242 g/mol. The van der Waals surface area contributed by atoms with Gasteiger partial charge in [-0.05, 0) is 0 Å². The molecular formula is C11H19NO6. The third kappa shape index (κ3) is 3.50. The first-order valence-corrected chi connectivity index (χ1v) is 5.63. The summed E-state index contributed by atoms with van der Waals surface area (Å²) in [5.74, 6) is -0.385. The van der Waals surface area contributed by atoms with Gasteiger partial charge in [0.2, 0.25) is 5.91 Å². The van der Waals surface area contributed by atoms with Crippen molar-refractivity contribution in [3.05, 3.63) is 12.7 Å². The first-order chi connectivity index (χ1) is 8.51. The van der Waals surface area contributed by atoms with Gasteiger partial charge in [-0.3, -0.25) is 4.79 Å². The highest BCUT2D eigenvalue weighted by atomic mass is 16.7. The number of nitrogens with one attached hydrogen (secondary N) is 1. The van der Waals surface area contributed by atoms with Crippen LogP contribution in [-0.4, -0.2) is 65.1 Å². The van der Waals surface area contributed by atoms with Gasteiger partial charge in [0.05, 0.1) is 13.2 Å². The van der Waals surface area contributed by atoms with Crippen molar-refractivity contribution in [1.82, 2.24) is 5.32 Å². The molecule has 0 unspecified atom stereocenters. The highest BCUT2D eigenvalue weighted by Crippen LogP contribution is 2.22. The zero-order chi connectivity index (χ0) is 13.7. The van der Waals surface area contributed by atoms with E-state index in [1.165, 1.54) is 13.0 Å². The van der Waals surface area contributed by atoms with E-state index >= 15 is 0 Å². The van der Waals surface area contributed by atoms with Crippen LogP contribution >= 0.6 is 0 Å². The van der Waals surface area contributed by atoms with Crippen LogP contribution in [0.5, 0.6) is 0 Å². The highest BCUT2D eigenvalue weighted by Gasteiger charge is 2.45. The molecule has 1 heterocycles. The Morgan fingerprint density at radius 1 is 1.50 bits per heavy atom. The van der Waals surface area contributed by atoms with Crippen molar-refractivity contribution < 1.29 is 29.6 Å². The summed E-state index contributed by atoms with van der Waals surface area (Å²) in [6.07, 6.45) is -3.01. The summed E-state index contributed by atoms with van der Waals surface area (Å²) in [4.78, 5) is 11.1. The van der Waals surface area contributed by atoms with Crippen molar-refractivity contribution in [2.45, 2.75) is 37.6 Å². The number of hydrogen-bond acceptors (Lipinski definition) is 6. The molecule has 1 saturated heterocycles. The molecule has 0 aromatic carbocycles. The Morgan fingerprint density at radius 3 is 2.67 bits per heavy atom. The zero-order valence-corrected chi connectivity index (χ0v) is 10.2. The lowest BCUT2D eigenvalue weighted by Gasteiger charge is -2.42. The van der Waals surface area contributed by atoms with Crippen molar-refractivity contribution in [2.75, 3.05) is 13.2 Å². The largest absolute Gasteiger partial charge is 0.394 e. The third-order valence-electron chi connectivity index (χ3n) is 2.63. The van der Waals surface area contributed by atoms with Gasteiger partial charge in [-0.1, -0.05) is 6.08 Å². The average molecular weight is 261 g/mol. The molecule has 7 nitrogen and oxygen atoms in total. The Bertz CT molecular complexity index is 297. The van der Waals surface area contributed by atoms with Gasteiger partial charge < -0.3 is 30.1 Å². The number of hydrogen-bond donors (Lipinski definition) is 4. The van der Waals surface area contributed by atoms with E-state index in [2.05, 4.69) is 11.9 Å². The molecule has 1 rings (SSSR count). The van der Waals surface area contributed by atoms with E-state index in [0.29, 0.717) is 0 Å². The first kappa shape index (κ1) is 15.1. The van der Waals surface area contributed by atoms with Gasteiger partial charge in [0, 0.05) is 6.92 Å². The molecule has 0 aromatic heterocycles. The van der Waals surface area contributed by atoms with Gasteiger partial charge in [-0.25, -0.2) is 0 Å². The van der Waals surface area contributed by atoms with Crippen molar-refractivity contribution in [3.63, 3.8) is 0 Å². The Morgan fingerprint density at radius 2 is 2.17 bits per heavy atom. The molecule has 18 heavy (non-hydrogen) atoms. The fourth-order valence-electron chi connectivity index (χ4n) is 1.78. The molecule has 1 fully saturated rings. The summed E-state index contributed by atoms with van der Waals surface area (Å²) in [6, 6.07) is -0.903. The lowest BCUT2D eigenvalue weighted by Crippen LogP contribution is -2.64. The quantitative estimate of drug-likeness (QED) is 0.432. The fourth-order valence-corrected chi connectivity index (χ4v) is 1.78. The van der Waals surface area contributed by atoms with Crippen LogP contribution in [0.4, 0.5) is 0 Å². The maximum atomic E-state index is 11.1. The van der Waals surface area contributed by atoms with Crippen LogP contribution in [0, 0.1) is 0 Å². The second kappa shape index (κ2) is 6.81. The van der Waals surface area contributed by atoms with Gasteiger partial charge in [0.15, 0.2) is 6.29 Å². The molecule has 0 bridgehead atoms. The van der Waals surface area contributed by atoms with Crippen LogP contribution < -0.4 is 5.32 Å². The summed E-state index contributed by atoms with van der Waals surface area (Å²) < 4.78 is 10.5. The Kier molecular flexibility index (Phi) is 5.70. The van der Waals surface area contributed by atoms with Crippen LogP contribution in [0.1, 0.15) is 6.92 Å². The van der Waals surface area contributed by atoms with Crippen molar-refractivity contribution in [1.29, 1.82) is 0 Å². The predicted octanol–water partition coefficient (Wildman–Crippen LogP) is -1.87. The molecule has 1 aliphatic heterocycles. The van der Waals surface area contributed by atoms with Crippen LogP contribution in [0.15, 0.2) is 12.7 Å². The first-order valence-electron chi connectivity index (χ1n) is 5.63. The molecule has 104 valence electrons. The predicted molar refractivity (Wildman–Crippen MR) is 61.5 cm³/mol. The SMILES string of the molecule is C=CCO[C@H]1O[C@H](CO)[C@H](O)[C@H](O)[C@H]1NC(C)=O. The number of rotatable bonds is 5. The van der Waals surface area contributed by atoms with E-state index in [0.717, 1.165) is 0 Å². The van der Waals surface area contributed by atoms with Gasteiger partial charge in [-0.2, -0.15) is 0 Å². The maximum absolute atomic E-state index is 11.1. The summed E-state index contributed by atoms with van der Waals surface area (Å²) in [5.41, 5.74) is 0. The van der Waals surface area contributed by atoms with Gasteiger partial charge in [0.25, 0.3) is 0 Å². The lowest BCUT2D eigenvalue weighted by molar-refractivity contribution is -0.267. The van der Waals surface area contributed by atoms with Crippen molar-refractivity contribution in [2.24, 2.45) is 0 Å². The highest BCUT2D eigenvalue weighted by molar-refractivity contribution is 5.73. The van der Waals surface area contributed by atoms with E-state index in [1.54, 1.807) is 0 Å². The van der Waals surface area contributed by atoms with Crippen LogP contribution in [0.2, 0.25) is 0 Å². The lowest BCUT2D eigenvalue weighted by atomic mass is 9.97. The van der Waals surface area contributed by atoms with Crippen molar-refractivity contribution in [3.8, 4) is 0 Å². The van der Waals surface area contributed by atoms with Gasteiger partial charge in [-0.15, -0.1) is 6.58 Å². The average Bonchev–Trinajstić information content (AvgIpc) is 2.33. The molecule has 5 atom stereocenters. The number of amides is 1. The minimum absolute atomic E-state index is 0.154. The monoisotopic (exact) mass is 261 g/mol. The molecule has 0 saturated carbocycles. The molecule has 4 N–H and O–H groups in total. The molecule has 1 amide bonds. The summed E-state index contributed by atoms with van der Waals surface area (Å²) in [7, 11) is 0. The third-order valence-corrected chi connectivity index (χ3v) is 2.63. The summed E-state index contributed by atoms with van der Waals surface area (Å²) in [5, 5.41) is 31.1. The fraction of sp³-hybridized carbons (Fsp3) is 0.727. The second-order valence-electron chi connectivity index (χ2n) is 4.05. The van der Waals surface area contributed by atoms with E-state index in [-0.39, 0.29) is 12.5 Å². The molecule has 7 heteroatoms. The van der Waals surface area contributed by atoms with E-state index in [9.17, 15) is 15.0 Å². The van der Waals surface area contributed by atoms with Crippen LogP contribution in [0.3, 0.4) is 0 Å². The number of carbonyl (C=O) groups is 1. The van der Waals surface area contributed by atoms with E-state index in [1.807, 2.05) is 0 Å². The standard InChI is InChI=1S/C11H19NO6/c1-3-4-17-11-8(12-6(2)14)10(16)9(15)7(5-13)18-11/h3,7-11,13,15-16H,1,4-5H2,2H3,(H,12,14)/t7-,8-,9+,10-,11+/m1/s1. The summed E-state index contributed by atoms with van der Waals surface area (Å²) in [6.45, 7) is 4.45. The number of ether oxygens (including phenoxy) is 2. The second-order valence-corrected chi connectivity index (χ2v) is 4.05. The van der Waals surface area contributed by atoms with E-state index in [4.69, 9.17) is 14.6 Å². The summed E-state index contributed by atoms with van der Waals surface area (Å²) >= 11 is 0. The minimum Gasteiger partial charge on any atom is -0.394 e. The van der Waals surface area contributed by atoms with E-state index < -0.39 is 37.3 Å². The molecule has 0 radical (unpaired) electrons. The Hall–Kier alpha value is -0.990. The molecule has 1 aliphatic rings. The molecule has 0 aromatic rings. The zero-order valence-electron chi connectivity index (χ0n) is 10.2. The number of aliphatic hydroxyl groups is 3. The Labute approximate surface area is 105 Å². The van der Waals surface area contributed by atoms with Crippen molar-refractivity contribution >= 4 is 5.91 Å². The molecule has 0 spiro atoms. The van der Waals surface area contributed by atoms with Crippen LogP contribution in [0.25, 0.3) is 0 Å². The Balaban J connectivity index is 2.79. The molecule has 0 aliphatic carbocycles. The van der Waals surface area contributed by atoms with Crippen LogP contribution in [-0.2, 0) is 14.3 Å². The number of aliphatic hydroxyl groups excluding tert-OH is 3. The minimum atomic E-state index is -1.30. The number of carbonyl (C=O) groups excluding carboxylic acids is 1. The van der Waals surface area contributed by atoms with Gasteiger partial charge in [0.1, 0.15) is 24.4 Å². The normalized spacial score (nSPS) is 36.1. The smallest absolute Gasteiger partial charge is 0.217 e. The topological polar surface area (TPSA) is 108 Å². The maximum Gasteiger partial charge on any atom is 0.217 e.